The Balaban J connectivity index is 1.60. The minimum absolute atomic E-state index is 0.201. The average molecular weight is 405 g/mol. The SMILES string of the molecule is CCOC(=O)c1c(NC(=O)COC(=O)Cc2ccccc2F)sc2c1CCC2. The number of ether oxygens (including phenoxy) is 2. The summed E-state index contributed by atoms with van der Waals surface area (Å²) in [6, 6.07) is 5.88. The summed E-state index contributed by atoms with van der Waals surface area (Å²) in [5.41, 5.74) is 1.52. The Morgan fingerprint density at radius 2 is 1.96 bits per heavy atom. The highest BCUT2D eigenvalue weighted by molar-refractivity contribution is 7.17. The van der Waals surface area contributed by atoms with Crippen LogP contribution in [0.25, 0.3) is 0 Å². The Morgan fingerprint density at radius 3 is 2.71 bits per heavy atom. The van der Waals surface area contributed by atoms with Crippen LogP contribution in [0.1, 0.15) is 39.7 Å². The summed E-state index contributed by atoms with van der Waals surface area (Å²) in [5.74, 6) is -2.24. The lowest BCUT2D eigenvalue weighted by molar-refractivity contribution is -0.146. The summed E-state index contributed by atoms with van der Waals surface area (Å²) in [7, 11) is 0. The number of esters is 2. The van der Waals surface area contributed by atoms with Crippen molar-refractivity contribution in [1.82, 2.24) is 0 Å². The van der Waals surface area contributed by atoms with E-state index in [1.54, 1.807) is 13.0 Å². The molecule has 0 saturated carbocycles. The van der Waals surface area contributed by atoms with Gasteiger partial charge in [0.2, 0.25) is 0 Å². The number of nitrogens with one attached hydrogen (secondary N) is 1. The summed E-state index contributed by atoms with van der Waals surface area (Å²) in [5, 5.41) is 3.05. The van der Waals surface area contributed by atoms with Gasteiger partial charge < -0.3 is 14.8 Å². The summed E-state index contributed by atoms with van der Waals surface area (Å²) in [4.78, 5) is 37.4. The van der Waals surface area contributed by atoms with Gasteiger partial charge in [0.1, 0.15) is 10.8 Å². The van der Waals surface area contributed by atoms with Crippen LogP contribution in [0.15, 0.2) is 24.3 Å². The minimum Gasteiger partial charge on any atom is -0.462 e. The number of carbonyl (C=O) groups excluding carboxylic acids is 3. The Bertz CT molecular complexity index is 908. The van der Waals surface area contributed by atoms with Crippen molar-refractivity contribution < 1.29 is 28.2 Å². The number of amides is 1. The first kappa shape index (κ1) is 20.0. The van der Waals surface area contributed by atoms with E-state index in [4.69, 9.17) is 9.47 Å². The molecule has 0 aliphatic heterocycles. The maximum atomic E-state index is 13.6. The van der Waals surface area contributed by atoms with Gasteiger partial charge in [-0.3, -0.25) is 9.59 Å². The minimum atomic E-state index is -0.709. The number of carbonyl (C=O) groups is 3. The number of benzene rings is 1. The Morgan fingerprint density at radius 1 is 1.18 bits per heavy atom. The van der Waals surface area contributed by atoms with Crippen LogP contribution in [0.5, 0.6) is 0 Å². The predicted molar refractivity (Wildman–Crippen MR) is 102 cm³/mol. The molecule has 0 unspecified atom stereocenters. The Hall–Kier alpha value is -2.74. The largest absolute Gasteiger partial charge is 0.462 e. The Labute approximate surface area is 165 Å². The first-order chi connectivity index (χ1) is 13.5. The molecule has 0 atom stereocenters. The molecule has 6 nitrogen and oxygen atoms in total. The number of halogens is 1. The number of anilines is 1. The van der Waals surface area contributed by atoms with Crippen LogP contribution in [0, 0.1) is 5.82 Å². The van der Waals surface area contributed by atoms with Crippen LogP contribution < -0.4 is 5.32 Å². The van der Waals surface area contributed by atoms with Gasteiger partial charge in [-0.15, -0.1) is 11.3 Å². The summed E-state index contributed by atoms with van der Waals surface area (Å²) < 4.78 is 23.6. The molecule has 1 aromatic carbocycles. The molecule has 0 bridgehead atoms. The molecule has 0 spiro atoms. The zero-order chi connectivity index (χ0) is 20.1. The van der Waals surface area contributed by atoms with Gasteiger partial charge in [0.05, 0.1) is 18.6 Å². The van der Waals surface area contributed by atoms with Crippen molar-refractivity contribution in [3.05, 3.63) is 51.7 Å². The number of hydrogen-bond acceptors (Lipinski definition) is 6. The molecule has 3 rings (SSSR count). The first-order valence-electron chi connectivity index (χ1n) is 9.00. The topological polar surface area (TPSA) is 81.7 Å². The average Bonchev–Trinajstić information content (AvgIpc) is 3.22. The van der Waals surface area contributed by atoms with E-state index in [-0.39, 0.29) is 18.6 Å². The fraction of sp³-hybridized carbons (Fsp3) is 0.350. The second kappa shape index (κ2) is 8.97. The monoisotopic (exact) mass is 405 g/mol. The van der Waals surface area contributed by atoms with Gasteiger partial charge >= 0.3 is 11.9 Å². The van der Waals surface area contributed by atoms with Gasteiger partial charge in [-0.25, -0.2) is 9.18 Å². The predicted octanol–water partition coefficient (Wildman–Crippen LogP) is 3.28. The molecule has 1 aliphatic carbocycles. The number of rotatable bonds is 7. The van der Waals surface area contributed by atoms with Crippen LogP contribution in [0.3, 0.4) is 0 Å². The van der Waals surface area contributed by atoms with E-state index in [1.807, 2.05) is 0 Å². The highest BCUT2D eigenvalue weighted by Gasteiger charge is 2.28. The quantitative estimate of drug-likeness (QED) is 0.715. The number of thiophene rings is 1. The zero-order valence-corrected chi connectivity index (χ0v) is 16.2. The third-order valence-electron chi connectivity index (χ3n) is 4.31. The smallest absolute Gasteiger partial charge is 0.341 e. The molecule has 1 amide bonds. The molecule has 1 heterocycles. The van der Waals surface area contributed by atoms with Crippen molar-refractivity contribution in [2.75, 3.05) is 18.5 Å². The highest BCUT2D eigenvalue weighted by Crippen LogP contribution is 2.39. The van der Waals surface area contributed by atoms with Gasteiger partial charge in [-0.1, -0.05) is 18.2 Å². The first-order valence-corrected chi connectivity index (χ1v) is 9.81. The van der Waals surface area contributed by atoms with Crippen LogP contribution in [-0.4, -0.2) is 31.1 Å². The van der Waals surface area contributed by atoms with Gasteiger partial charge in [-0.2, -0.15) is 0 Å². The molecule has 0 saturated heterocycles. The van der Waals surface area contributed by atoms with Crippen LogP contribution >= 0.6 is 11.3 Å². The molecule has 1 aliphatic rings. The van der Waals surface area contributed by atoms with Crippen LogP contribution in [-0.2, 0) is 38.3 Å². The standard InChI is InChI=1S/C20H20FNO5S/c1-2-26-20(25)18-13-7-5-9-15(13)28-19(18)22-16(23)11-27-17(24)10-12-6-3-4-8-14(12)21/h3-4,6,8H,2,5,7,9-11H2,1H3,(H,22,23). The van der Waals surface area contributed by atoms with Crippen molar-refractivity contribution in [2.24, 2.45) is 0 Å². The second-order valence-corrected chi connectivity index (χ2v) is 7.36. The highest BCUT2D eigenvalue weighted by atomic mass is 32.1. The van der Waals surface area contributed by atoms with Crippen LogP contribution in [0.2, 0.25) is 0 Å². The molecule has 1 aromatic heterocycles. The van der Waals surface area contributed by atoms with Gasteiger partial charge in [0.15, 0.2) is 6.61 Å². The molecule has 0 radical (unpaired) electrons. The van der Waals surface area contributed by atoms with E-state index in [9.17, 15) is 18.8 Å². The van der Waals surface area contributed by atoms with Crippen molar-refractivity contribution in [2.45, 2.75) is 32.6 Å². The lowest BCUT2D eigenvalue weighted by Crippen LogP contribution is -2.22. The third-order valence-corrected chi connectivity index (χ3v) is 5.52. The van der Waals surface area contributed by atoms with Gasteiger partial charge in [-0.05, 0) is 43.4 Å². The maximum absolute atomic E-state index is 13.6. The molecule has 2 aromatic rings. The van der Waals surface area contributed by atoms with Gasteiger partial charge in [0.25, 0.3) is 5.91 Å². The van der Waals surface area contributed by atoms with Crippen LogP contribution in [0.4, 0.5) is 9.39 Å². The zero-order valence-electron chi connectivity index (χ0n) is 15.4. The van der Waals surface area contributed by atoms with Crippen molar-refractivity contribution >= 4 is 34.2 Å². The molecule has 1 N–H and O–H groups in total. The van der Waals surface area contributed by atoms with Crippen molar-refractivity contribution in [3.63, 3.8) is 0 Å². The van der Waals surface area contributed by atoms with Crippen molar-refractivity contribution in [3.8, 4) is 0 Å². The van der Waals surface area contributed by atoms with E-state index in [2.05, 4.69) is 5.32 Å². The molecular formula is C20H20FNO5S. The van der Waals surface area contributed by atoms with Crippen molar-refractivity contribution in [1.29, 1.82) is 0 Å². The van der Waals surface area contributed by atoms with E-state index < -0.39 is 30.3 Å². The normalized spacial score (nSPS) is 12.4. The van der Waals surface area contributed by atoms with E-state index in [0.29, 0.717) is 10.6 Å². The third kappa shape index (κ3) is 4.56. The molecule has 0 fully saturated rings. The fourth-order valence-corrected chi connectivity index (χ4v) is 4.36. The van der Waals surface area contributed by atoms with E-state index in [0.717, 1.165) is 29.7 Å². The fourth-order valence-electron chi connectivity index (χ4n) is 3.07. The lowest BCUT2D eigenvalue weighted by atomic mass is 10.1. The molecule has 28 heavy (non-hydrogen) atoms. The Kier molecular flexibility index (Phi) is 6.41. The molecular weight excluding hydrogens is 385 g/mol. The molecule has 148 valence electrons. The van der Waals surface area contributed by atoms with Gasteiger partial charge in [0, 0.05) is 4.88 Å². The number of fused-ring (bicyclic) bond motifs is 1. The lowest BCUT2D eigenvalue weighted by Gasteiger charge is -2.09. The summed E-state index contributed by atoms with van der Waals surface area (Å²) in [6.45, 7) is 1.44. The number of hydrogen-bond donors (Lipinski definition) is 1. The summed E-state index contributed by atoms with van der Waals surface area (Å²) >= 11 is 1.35. The second-order valence-electron chi connectivity index (χ2n) is 6.26. The number of aryl methyl sites for hydroxylation is 1. The summed E-state index contributed by atoms with van der Waals surface area (Å²) in [6.07, 6.45) is 2.34. The maximum Gasteiger partial charge on any atom is 0.341 e. The van der Waals surface area contributed by atoms with E-state index >= 15 is 0 Å². The van der Waals surface area contributed by atoms with E-state index in [1.165, 1.54) is 29.5 Å². The molecule has 8 heteroatoms.